The van der Waals surface area contributed by atoms with E-state index in [1.165, 1.54) is 29.8 Å². The zero-order chi connectivity index (χ0) is 18.4. The summed E-state index contributed by atoms with van der Waals surface area (Å²) in [7, 11) is 0. The first-order valence-electron chi connectivity index (χ1n) is 7.96. The Kier molecular flexibility index (Phi) is 5.68. The van der Waals surface area contributed by atoms with Crippen molar-refractivity contribution in [1.29, 1.82) is 0 Å². The van der Waals surface area contributed by atoms with Crippen LogP contribution >= 0.6 is 0 Å². The van der Waals surface area contributed by atoms with Gasteiger partial charge in [-0.25, -0.2) is 0 Å². The molecule has 0 saturated carbocycles. The minimum absolute atomic E-state index is 0.0240. The van der Waals surface area contributed by atoms with Gasteiger partial charge >= 0.3 is 118 Å². The third kappa shape index (κ3) is 5.17. The molecule has 0 fully saturated rings. The zero-order valence-corrected chi connectivity index (χ0v) is 15.7. The number of rotatable bonds is 6. The first-order chi connectivity index (χ1) is 12.5. The minimum atomic E-state index is -4.85. The summed E-state index contributed by atoms with van der Waals surface area (Å²) in [5.74, 6) is 0. The summed E-state index contributed by atoms with van der Waals surface area (Å²) in [4.78, 5) is 0. The third-order valence-electron chi connectivity index (χ3n) is 3.67. The summed E-state index contributed by atoms with van der Waals surface area (Å²) >= 11 is -4.85. The topological polar surface area (TPSA) is 94.3 Å². The molecular weight excluding hydrogens is 393 g/mol. The van der Waals surface area contributed by atoms with Gasteiger partial charge in [-0.3, -0.25) is 0 Å². The van der Waals surface area contributed by atoms with Crippen molar-refractivity contribution in [2.75, 3.05) is 5.32 Å². The molecule has 132 valence electrons. The standard InChI is InChI=1S/C19H18AsN3O3/c24-20(25,26)16-6-8-18(9-7-16)22-23-19-12-10-17(11-13-19)21-14-15-4-2-1-3-5-15/h1-13,21H,14H2,(H2,24,25,26). The first kappa shape index (κ1) is 18.1. The van der Waals surface area contributed by atoms with Gasteiger partial charge in [0.25, 0.3) is 0 Å². The molecule has 0 amide bonds. The molecule has 0 aliphatic carbocycles. The van der Waals surface area contributed by atoms with E-state index in [-0.39, 0.29) is 4.35 Å². The van der Waals surface area contributed by atoms with Crippen LogP contribution in [0.2, 0.25) is 0 Å². The molecule has 3 aromatic carbocycles. The molecule has 0 saturated heterocycles. The molecule has 0 aliphatic heterocycles. The van der Waals surface area contributed by atoms with E-state index < -0.39 is 14.2 Å². The fourth-order valence-electron chi connectivity index (χ4n) is 2.27. The Morgan fingerprint density at radius 2 is 1.31 bits per heavy atom. The number of azo groups is 1. The number of hydrogen-bond acceptors (Lipinski definition) is 4. The van der Waals surface area contributed by atoms with E-state index in [4.69, 9.17) is 8.19 Å². The molecule has 7 heteroatoms. The van der Waals surface area contributed by atoms with Crippen molar-refractivity contribution < 1.29 is 11.9 Å². The zero-order valence-electron chi connectivity index (χ0n) is 13.9. The Morgan fingerprint density at radius 3 is 1.85 bits per heavy atom. The molecule has 3 rings (SSSR count). The van der Waals surface area contributed by atoms with Gasteiger partial charge in [0, 0.05) is 0 Å². The van der Waals surface area contributed by atoms with Crippen LogP contribution in [-0.2, 0) is 10.3 Å². The predicted molar refractivity (Wildman–Crippen MR) is 101 cm³/mol. The van der Waals surface area contributed by atoms with Gasteiger partial charge in [-0.2, -0.15) is 0 Å². The van der Waals surface area contributed by atoms with Crippen LogP contribution in [0.5, 0.6) is 0 Å². The normalized spacial score (nSPS) is 11.6. The quantitative estimate of drug-likeness (QED) is 0.429. The fourth-order valence-corrected chi connectivity index (χ4v) is 3.40. The molecule has 0 aliphatic rings. The predicted octanol–water partition coefficient (Wildman–Crippen LogP) is 3.28. The van der Waals surface area contributed by atoms with Gasteiger partial charge in [-0.15, -0.1) is 0 Å². The molecule has 26 heavy (non-hydrogen) atoms. The van der Waals surface area contributed by atoms with Crippen LogP contribution < -0.4 is 9.67 Å². The average molecular weight is 411 g/mol. The summed E-state index contributed by atoms with van der Waals surface area (Å²) in [5, 5.41) is 11.6. The van der Waals surface area contributed by atoms with E-state index in [0.29, 0.717) is 11.4 Å². The summed E-state index contributed by atoms with van der Waals surface area (Å²) in [5.41, 5.74) is 3.42. The average Bonchev–Trinajstić information content (AvgIpc) is 2.66. The van der Waals surface area contributed by atoms with Gasteiger partial charge in [-0.05, 0) is 5.56 Å². The van der Waals surface area contributed by atoms with Crippen LogP contribution in [0.3, 0.4) is 0 Å². The van der Waals surface area contributed by atoms with E-state index in [2.05, 4.69) is 27.7 Å². The van der Waals surface area contributed by atoms with Gasteiger partial charge in [-0.1, -0.05) is 30.3 Å². The molecule has 0 aromatic heterocycles. The molecule has 3 aromatic rings. The number of anilines is 1. The van der Waals surface area contributed by atoms with E-state index >= 15 is 0 Å². The number of benzene rings is 3. The Labute approximate surface area is 154 Å². The monoisotopic (exact) mass is 411 g/mol. The summed E-state index contributed by atoms with van der Waals surface area (Å²) in [6.07, 6.45) is 0. The Morgan fingerprint density at radius 1 is 0.769 bits per heavy atom. The second-order valence-electron chi connectivity index (χ2n) is 5.65. The van der Waals surface area contributed by atoms with Crippen molar-refractivity contribution in [2.45, 2.75) is 6.54 Å². The van der Waals surface area contributed by atoms with Gasteiger partial charge in [0.15, 0.2) is 0 Å². The maximum atomic E-state index is 11.2. The van der Waals surface area contributed by atoms with Crippen molar-refractivity contribution in [3.05, 3.63) is 84.4 Å². The second kappa shape index (κ2) is 8.14. The van der Waals surface area contributed by atoms with E-state index in [1.807, 2.05) is 42.5 Å². The molecule has 0 spiro atoms. The number of hydrogen-bond donors (Lipinski definition) is 3. The van der Waals surface area contributed by atoms with Crippen molar-refractivity contribution >= 4 is 35.6 Å². The van der Waals surface area contributed by atoms with Crippen LogP contribution in [-0.4, -0.2) is 22.4 Å². The van der Waals surface area contributed by atoms with E-state index in [0.717, 1.165) is 12.2 Å². The molecule has 6 nitrogen and oxygen atoms in total. The van der Waals surface area contributed by atoms with Gasteiger partial charge in [0.2, 0.25) is 0 Å². The van der Waals surface area contributed by atoms with Gasteiger partial charge in [0.05, 0.1) is 0 Å². The van der Waals surface area contributed by atoms with Crippen molar-refractivity contribution in [2.24, 2.45) is 10.2 Å². The number of nitrogens with one attached hydrogen (secondary N) is 1. The molecule has 0 bridgehead atoms. The fraction of sp³-hybridized carbons (Fsp3) is 0.0526. The van der Waals surface area contributed by atoms with Crippen molar-refractivity contribution in [1.82, 2.24) is 0 Å². The Hall–Kier alpha value is -2.66. The molecule has 0 heterocycles. The molecule has 0 atom stereocenters. The SMILES string of the molecule is O=[As](O)(O)c1ccc(N=Nc2ccc(NCc3ccccc3)cc2)cc1. The molecule has 3 N–H and O–H groups in total. The van der Waals surface area contributed by atoms with Crippen molar-refractivity contribution in [3.63, 3.8) is 0 Å². The van der Waals surface area contributed by atoms with Crippen LogP contribution in [0.15, 0.2) is 89.1 Å². The Balaban J connectivity index is 1.60. The van der Waals surface area contributed by atoms with Crippen LogP contribution in [0.4, 0.5) is 17.1 Å². The molecule has 0 radical (unpaired) electrons. The summed E-state index contributed by atoms with van der Waals surface area (Å²) < 4.78 is 29.5. The third-order valence-corrected chi connectivity index (χ3v) is 5.71. The van der Waals surface area contributed by atoms with Gasteiger partial charge < -0.3 is 0 Å². The van der Waals surface area contributed by atoms with Crippen LogP contribution in [0.25, 0.3) is 0 Å². The molecular formula is C19H18AsN3O3. The summed E-state index contributed by atoms with van der Waals surface area (Å²) in [6.45, 7) is 0.745. The number of nitrogens with zero attached hydrogens (tertiary/aromatic N) is 2. The summed E-state index contributed by atoms with van der Waals surface area (Å²) in [6, 6.07) is 23.5. The molecule has 0 unspecified atom stereocenters. The van der Waals surface area contributed by atoms with E-state index in [9.17, 15) is 3.74 Å². The maximum absolute atomic E-state index is 11.2. The van der Waals surface area contributed by atoms with Gasteiger partial charge in [0.1, 0.15) is 0 Å². The Bertz CT molecular complexity index is 921. The second-order valence-corrected chi connectivity index (χ2v) is 9.01. The van der Waals surface area contributed by atoms with Crippen molar-refractivity contribution in [3.8, 4) is 0 Å². The van der Waals surface area contributed by atoms with Crippen LogP contribution in [0.1, 0.15) is 5.56 Å². The van der Waals surface area contributed by atoms with E-state index in [1.54, 1.807) is 0 Å². The van der Waals surface area contributed by atoms with Crippen LogP contribution in [0, 0.1) is 0 Å². The first-order valence-corrected chi connectivity index (χ1v) is 11.3.